The number of nitrogens with zero attached hydrogens (tertiary/aromatic N) is 1. The van der Waals surface area contributed by atoms with Crippen molar-refractivity contribution in [2.75, 3.05) is 6.26 Å². The van der Waals surface area contributed by atoms with Gasteiger partial charge in [0.05, 0.1) is 20.4 Å². The van der Waals surface area contributed by atoms with Gasteiger partial charge in [0.25, 0.3) is 0 Å². The Morgan fingerprint density at radius 3 is 1.84 bits per heavy atom. The Bertz CT molecular complexity index is 1490. The van der Waals surface area contributed by atoms with E-state index in [0.29, 0.717) is 21.7 Å². The van der Waals surface area contributed by atoms with E-state index in [1.165, 1.54) is 36.4 Å². The molecule has 0 saturated heterocycles. The highest BCUT2D eigenvalue weighted by Crippen LogP contribution is 2.40. The van der Waals surface area contributed by atoms with E-state index in [-0.39, 0.29) is 14.1 Å². The van der Waals surface area contributed by atoms with Gasteiger partial charge in [-0.3, -0.25) is 0 Å². The van der Waals surface area contributed by atoms with Crippen LogP contribution in [0.5, 0.6) is 0 Å². The maximum Gasteiger partial charge on any atom is 0.233 e. The van der Waals surface area contributed by atoms with E-state index in [2.05, 4.69) is 4.98 Å². The van der Waals surface area contributed by atoms with E-state index in [1.807, 2.05) is 6.92 Å². The molecule has 0 saturated carbocycles. The summed E-state index contributed by atoms with van der Waals surface area (Å²) in [5.41, 5.74) is 2.48. The first-order valence-electron chi connectivity index (χ1n) is 9.45. The molecule has 5 nitrogen and oxygen atoms in total. The third-order valence-electron chi connectivity index (χ3n) is 4.83. The van der Waals surface area contributed by atoms with Crippen molar-refractivity contribution in [3.63, 3.8) is 0 Å². The van der Waals surface area contributed by atoms with Gasteiger partial charge in [-0.1, -0.05) is 42.0 Å². The lowest BCUT2D eigenvalue weighted by Gasteiger charge is -2.04. The highest BCUT2D eigenvalue weighted by Gasteiger charge is 2.26. The van der Waals surface area contributed by atoms with Crippen molar-refractivity contribution >= 4 is 31.0 Å². The van der Waals surface area contributed by atoms with E-state index in [4.69, 9.17) is 0 Å². The van der Waals surface area contributed by atoms with Crippen LogP contribution in [0.1, 0.15) is 5.56 Å². The standard InChI is InChI=1S/C23H18FNO4S3/c1-15-3-11-20(12-4-15)32(28,29)23-25-21(16-7-13-19(14-8-16)31(2,26)27)22(30-23)17-5-9-18(24)10-6-17/h3-14H,1-2H3. The first kappa shape index (κ1) is 22.3. The normalized spacial score (nSPS) is 12.1. The summed E-state index contributed by atoms with van der Waals surface area (Å²) < 4.78 is 63.4. The van der Waals surface area contributed by atoms with E-state index < -0.39 is 25.5 Å². The summed E-state index contributed by atoms with van der Waals surface area (Å²) >= 11 is 0.989. The first-order chi connectivity index (χ1) is 15.1. The van der Waals surface area contributed by atoms with Gasteiger partial charge < -0.3 is 0 Å². The summed E-state index contributed by atoms with van der Waals surface area (Å²) in [4.78, 5) is 5.25. The molecule has 0 bridgehead atoms. The van der Waals surface area contributed by atoms with Crippen LogP contribution < -0.4 is 0 Å². The van der Waals surface area contributed by atoms with Gasteiger partial charge in [0.15, 0.2) is 9.84 Å². The number of rotatable bonds is 5. The zero-order valence-electron chi connectivity index (χ0n) is 17.1. The lowest BCUT2D eigenvalue weighted by Crippen LogP contribution is -2.01. The molecule has 0 fully saturated rings. The molecule has 0 N–H and O–H groups in total. The molecular formula is C23H18FNO4S3. The monoisotopic (exact) mass is 487 g/mol. The van der Waals surface area contributed by atoms with Gasteiger partial charge in [-0.15, -0.1) is 11.3 Å². The average molecular weight is 488 g/mol. The van der Waals surface area contributed by atoms with Gasteiger partial charge >= 0.3 is 0 Å². The molecule has 0 atom stereocenters. The molecule has 4 rings (SSSR count). The number of hydrogen-bond acceptors (Lipinski definition) is 6. The summed E-state index contributed by atoms with van der Waals surface area (Å²) in [6.45, 7) is 1.87. The van der Waals surface area contributed by atoms with Gasteiger partial charge in [0.2, 0.25) is 14.2 Å². The molecule has 32 heavy (non-hydrogen) atoms. The maximum absolute atomic E-state index is 13.5. The molecule has 164 valence electrons. The highest BCUT2D eigenvalue weighted by molar-refractivity contribution is 7.93. The summed E-state index contributed by atoms with van der Waals surface area (Å²) in [6.07, 6.45) is 1.11. The lowest BCUT2D eigenvalue weighted by atomic mass is 10.1. The third kappa shape index (κ3) is 4.36. The second-order valence-electron chi connectivity index (χ2n) is 7.28. The first-order valence-corrected chi connectivity index (χ1v) is 13.6. The topological polar surface area (TPSA) is 81.2 Å². The van der Waals surface area contributed by atoms with Crippen LogP contribution in [0.25, 0.3) is 21.7 Å². The minimum Gasteiger partial charge on any atom is -0.224 e. The van der Waals surface area contributed by atoms with Crippen molar-refractivity contribution in [3.05, 3.63) is 84.2 Å². The molecule has 0 aliphatic rings. The van der Waals surface area contributed by atoms with Crippen molar-refractivity contribution in [1.29, 1.82) is 0 Å². The lowest BCUT2D eigenvalue weighted by molar-refractivity contribution is 0.595. The molecule has 3 aromatic carbocycles. The number of aromatic nitrogens is 1. The summed E-state index contributed by atoms with van der Waals surface area (Å²) in [5, 5.41) is 0. The molecule has 0 spiro atoms. The van der Waals surface area contributed by atoms with Crippen molar-refractivity contribution in [2.24, 2.45) is 0 Å². The summed E-state index contributed by atoms with van der Waals surface area (Å²) in [5.74, 6) is -0.412. The van der Waals surface area contributed by atoms with Gasteiger partial charge in [-0.2, -0.15) is 0 Å². The largest absolute Gasteiger partial charge is 0.233 e. The molecule has 0 amide bonds. The summed E-state index contributed by atoms with van der Waals surface area (Å²) in [6, 6.07) is 18.3. The van der Waals surface area contributed by atoms with Crippen LogP contribution in [0.15, 0.2) is 86.9 Å². The number of sulfone groups is 2. The molecule has 0 aliphatic carbocycles. The van der Waals surface area contributed by atoms with Crippen LogP contribution in [-0.4, -0.2) is 28.1 Å². The third-order valence-corrected chi connectivity index (χ3v) is 9.21. The highest BCUT2D eigenvalue weighted by atomic mass is 32.2. The fraction of sp³-hybridized carbons (Fsp3) is 0.0870. The van der Waals surface area contributed by atoms with E-state index in [9.17, 15) is 21.2 Å². The van der Waals surface area contributed by atoms with Gasteiger partial charge in [-0.05, 0) is 48.9 Å². The Morgan fingerprint density at radius 1 is 0.750 bits per heavy atom. The van der Waals surface area contributed by atoms with Crippen molar-refractivity contribution < 1.29 is 21.2 Å². The Labute approximate surface area is 190 Å². The molecule has 0 unspecified atom stereocenters. The minimum absolute atomic E-state index is 0.0946. The fourth-order valence-electron chi connectivity index (χ4n) is 3.09. The van der Waals surface area contributed by atoms with Crippen LogP contribution in [0.2, 0.25) is 0 Å². The van der Waals surface area contributed by atoms with Gasteiger partial charge in [0.1, 0.15) is 5.82 Å². The number of aryl methyl sites for hydroxylation is 1. The van der Waals surface area contributed by atoms with E-state index in [0.717, 1.165) is 23.2 Å². The minimum atomic E-state index is -3.88. The van der Waals surface area contributed by atoms with Crippen LogP contribution in [0.4, 0.5) is 4.39 Å². The predicted molar refractivity (Wildman–Crippen MR) is 123 cm³/mol. The Balaban J connectivity index is 1.89. The number of hydrogen-bond donors (Lipinski definition) is 0. The van der Waals surface area contributed by atoms with E-state index in [1.54, 1.807) is 36.4 Å². The Hall–Kier alpha value is -2.88. The van der Waals surface area contributed by atoms with Crippen molar-refractivity contribution in [1.82, 2.24) is 4.98 Å². The molecule has 1 aromatic heterocycles. The van der Waals surface area contributed by atoms with Gasteiger partial charge in [-0.25, -0.2) is 26.2 Å². The van der Waals surface area contributed by atoms with Crippen LogP contribution >= 0.6 is 11.3 Å². The number of thiazole rings is 1. The molecule has 4 aromatic rings. The summed E-state index contributed by atoms with van der Waals surface area (Å²) in [7, 11) is -7.26. The number of benzene rings is 3. The quantitative estimate of drug-likeness (QED) is 0.388. The zero-order valence-corrected chi connectivity index (χ0v) is 19.6. The number of halogens is 1. The molecule has 1 heterocycles. The molecular weight excluding hydrogens is 469 g/mol. The molecule has 0 aliphatic heterocycles. The van der Waals surface area contributed by atoms with Crippen molar-refractivity contribution in [2.45, 2.75) is 21.1 Å². The average Bonchev–Trinajstić information content (AvgIpc) is 3.20. The Kier molecular flexibility index (Phi) is 5.74. The van der Waals surface area contributed by atoms with Crippen LogP contribution in [0.3, 0.4) is 0 Å². The SMILES string of the molecule is Cc1ccc(S(=O)(=O)c2nc(-c3ccc(S(C)(=O)=O)cc3)c(-c3ccc(F)cc3)s2)cc1. The van der Waals surface area contributed by atoms with Gasteiger partial charge in [0, 0.05) is 11.8 Å². The van der Waals surface area contributed by atoms with E-state index >= 15 is 0 Å². The van der Waals surface area contributed by atoms with Crippen molar-refractivity contribution in [3.8, 4) is 21.7 Å². The van der Waals surface area contributed by atoms with Crippen LogP contribution in [-0.2, 0) is 19.7 Å². The predicted octanol–water partition coefficient (Wildman–Crippen LogP) is 5.16. The molecule has 0 radical (unpaired) electrons. The Morgan fingerprint density at radius 2 is 1.28 bits per heavy atom. The van der Waals surface area contributed by atoms with Crippen LogP contribution in [0, 0.1) is 12.7 Å². The second-order valence-corrected chi connectivity index (χ2v) is 12.4. The zero-order chi connectivity index (χ0) is 23.1. The maximum atomic E-state index is 13.5. The molecule has 9 heteroatoms. The smallest absolute Gasteiger partial charge is 0.224 e. The fourth-order valence-corrected chi connectivity index (χ4v) is 6.43. The second kappa shape index (κ2) is 8.23.